The van der Waals surface area contributed by atoms with Gasteiger partial charge in [0.15, 0.2) is 0 Å². The molecule has 1 atom stereocenters. The van der Waals surface area contributed by atoms with Gasteiger partial charge in [-0.1, -0.05) is 13.3 Å². The normalized spacial score (nSPS) is 15.1. The molecule has 0 heterocycles. The summed E-state index contributed by atoms with van der Waals surface area (Å²) in [5.74, 6) is 0.903. The van der Waals surface area contributed by atoms with E-state index in [9.17, 15) is 8.42 Å². The smallest absolute Gasteiger partial charge is 0.147 e. The lowest BCUT2D eigenvalue weighted by atomic mass is 9.99. The highest BCUT2D eigenvalue weighted by atomic mass is 32.2. The van der Waals surface area contributed by atoms with Crippen LogP contribution in [0.25, 0.3) is 0 Å². The molecule has 0 aromatic rings. The number of nitrogens with one attached hydrogen (secondary N) is 1. The van der Waals surface area contributed by atoms with Crippen LogP contribution in [0.2, 0.25) is 0 Å². The van der Waals surface area contributed by atoms with Crippen LogP contribution in [0.1, 0.15) is 47.0 Å². The molecule has 0 aromatic carbocycles. The first-order valence-corrected chi connectivity index (χ1v) is 8.13. The van der Waals surface area contributed by atoms with Crippen molar-refractivity contribution in [1.29, 1.82) is 0 Å². The first kappa shape index (κ1) is 15.9. The fraction of sp³-hybridized carbons (Fsp3) is 1.00. The molecule has 0 aromatic heterocycles. The second-order valence-corrected chi connectivity index (χ2v) is 7.94. The molecule has 0 aliphatic rings. The van der Waals surface area contributed by atoms with Crippen LogP contribution in [0, 0.1) is 5.92 Å². The van der Waals surface area contributed by atoms with Gasteiger partial charge in [0.05, 0.1) is 0 Å². The van der Waals surface area contributed by atoms with Crippen molar-refractivity contribution < 1.29 is 8.42 Å². The third kappa shape index (κ3) is 10.4. The molecular formula is C12H27NO2S. The summed E-state index contributed by atoms with van der Waals surface area (Å²) in [6, 6.07) is 0. The average molecular weight is 249 g/mol. The highest BCUT2D eigenvalue weighted by Gasteiger charge is 2.13. The molecule has 0 rings (SSSR count). The van der Waals surface area contributed by atoms with Crippen molar-refractivity contribution in [2.45, 2.75) is 52.5 Å². The predicted molar refractivity (Wildman–Crippen MR) is 70.5 cm³/mol. The minimum atomic E-state index is -2.79. The Hall–Kier alpha value is -0.0900. The maximum absolute atomic E-state index is 11.0. The summed E-state index contributed by atoms with van der Waals surface area (Å²) >= 11 is 0. The van der Waals surface area contributed by atoms with E-state index in [1.165, 1.54) is 6.26 Å². The van der Waals surface area contributed by atoms with Crippen molar-refractivity contribution in [3.8, 4) is 0 Å². The standard InChI is InChI=1S/C12H27NO2S/c1-6-11(10-13-12(2,3)4)8-7-9-16(5,14)15/h11,13H,6-10H2,1-5H3. The molecule has 0 fully saturated rings. The van der Waals surface area contributed by atoms with Crippen LogP contribution in [0.4, 0.5) is 0 Å². The predicted octanol–water partition coefficient (Wildman–Crippen LogP) is 2.23. The second-order valence-electron chi connectivity index (χ2n) is 5.68. The van der Waals surface area contributed by atoms with Crippen LogP contribution in [-0.4, -0.2) is 32.5 Å². The summed E-state index contributed by atoms with van der Waals surface area (Å²) < 4.78 is 22.0. The molecule has 0 spiro atoms. The lowest BCUT2D eigenvalue weighted by Crippen LogP contribution is -2.39. The molecule has 3 nitrogen and oxygen atoms in total. The maximum atomic E-state index is 11.0. The van der Waals surface area contributed by atoms with Gasteiger partial charge in [-0.2, -0.15) is 0 Å². The summed E-state index contributed by atoms with van der Waals surface area (Å²) in [5.41, 5.74) is 0.143. The molecule has 0 saturated heterocycles. The van der Waals surface area contributed by atoms with Gasteiger partial charge in [-0.05, 0) is 46.1 Å². The topological polar surface area (TPSA) is 46.2 Å². The number of sulfone groups is 1. The molecular weight excluding hydrogens is 222 g/mol. The minimum absolute atomic E-state index is 0.143. The number of rotatable bonds is 7. The van der Waals surface area contributed by atoms with Crippen LogP contribution in [-0.2, 0) is 9.84 Å². The lowest BCUT2D eigenvalue weighted by Gasteiger charge is -2.24. The summed E-state index contributed by atoms with van der Waals surface area (Å²) in [6.07, 6.45) is 4.18. The van der Waals surface area contributed by atoms with Gasteiger partial charge in [-0.3, -0.25) is 0 Å². The zero-order chi connectivity index (χ0) is 12.8. The fourth-order valence-corrected chi connectivity index (χ4v) is 2.23. The molecule has 0 saturated carbocycles. The Morgan fingerprint density at radius 3 is 2.19 bits per heavy atom. The summed E-state index contributed by atoms with van der Waals surface area (Å²) in [5, 5.41) is 3.47. The molecule has 1 unspecified atom stereocenters. The van der Waals surface area contributed by atoms with Crippen molar-refractivity contribution >= 4 is 9.84 Å². The van der Waals surface area contributed by atoms with E-state index in [0.717, 1.165) is 25.8 Å². The third-order valence-corrected chi connectivity index (χ3v) is 3.66. The van der Waals surface area contributed by atoms with Gasteiger partial charge in [-0.15, -0.1) is 0 Å². The molecule has 16 heavy (non-hydrogen) atoms. The van der Waals surface area contributed by atoms with Gasteiger partial charge in [0, 0.05) is 17.5 Å². The Labute approximate surface area is 101 Å². The van der Waals surface area contributed by atoms with Gasteiger partial charge in [0.25, 0.3) is 0 Å². The fourth-order valence-electron chi connectivity index (χ4n) is 1.54. The SMILES string of the molecule is CCC(CCCS(C)(=O)=O)CNC(C)(C)C. The van der Waals surface area contributed by atoms with Crippen LogP contribution in [0.3, 0.4) is 0 Å². The minimum Gasteiger partial charge on any atom is -0.312 e. The highest BCUT2D eigenvalue weighted by Crippen LogP contribution is 2.12. The van der Waals surface area contributed by atoms with Crippen LogP contribution < -0.4 is 5.32 Å². The summed E-state index contributed by atoms with van der Waals surface area (Å²) in [4.78, 5) is 0. The zero-order valence-electron chi connectivity index (χ0n) is 11.3. The van der Waals surface area contributed by atoms with E-state index in [4.69, 9.17) is 0 Å². The van der Waals surface area contributed by atoms with E-state index in [2.05, 4.69) is 33.0 Å². The van der Waals surface area contributed by atoms with E-state index in [0.29, 0.717) is 11.7 Å². The largest absolute Gasteiger partial charge is 0.312 e. The van der Waals surface area contributed by atoms with Crippen molar-refractivity contribution in [1.82, 2.24) is 5.32 Å². The highest BCUT2D eigenvalue weighted by molar-refractivity contribution is 7.90. The van der Waals surface area contributed by atoms with Gasteiger partial charge in [0.2, 0.25) is 0 Å². The van der Waals surface area contributed by atoms with Gasteiger partial charge in [0.1, 0.15) is 9.84 Å². The molecule has 0 aliphatic heterocycles. The lowest BCUT2D eigenvalue weighted by molar-refractivity contribution is 0.350. The van der Waals surface area contributed by atoms with Crippen molar-refractivity contribution in [2.75, 3.05) is 18.6 Å². The second kappa shape index (κ2) is 6.60. The monoisotopic (exact) mass is 249 g/mol. The molecule has 0 bridgehead atoms. The Balaban J connectivity index is 3.85. The van der Waals surface area contributed by atoms with Gasteiger partial charge in [-0.25, -0.2) is 8.42 Å². The van der Waals surface area contributed by atoms with E-state index in [1.54, 1.807) is 0 Å². The summed E-state index contributed by atoms with van der Waals surface area (Å²) in [6.45, 7) is 9.59. The van der Waals surface area contributed by atoms with Crippen molar-refractivity contribution in [3.05, 3.63) is 0 Å². The third-order valence-electron chi connectivity index (χ3n) is 2.63. The van der Waals surface area contributed by atoms with E-state index in [-0.39, 0.29) is 5.54 Å². The van der Waals surface area contributed by atoms with Crippen LogP contribution >= 0.6 is 0 Å². The Kier molecular flexibility index (Phi) is 6.56. The van der Waals surface area contributed by atoms with Crippen LogP contribution in [0.5, 0.6) is 0 Å². The van der Waals surface area contributed by atoms with Crippen molar-refractivity contribution in [2.24, 2.45) is 5.92 Å². The molecule has 98 valence electrons. The molecule has 1 N–H and O–H groups in total. The Morgan fingerprint density at radius 2 is 1.81 bits per heavy atom. The molecule has 0 amide bonds. The summed E-state index contributed by atoms with van der Waals surface area (Å²) in [7, 11) is -2.79. The van der Waals surface area contributed by atoms with Crippen molar-refractivity contribution in [3.63, 3.8) is 0 Å². The van der Waals surface area contributed by atoms with E-state index in [1.807, 2.05) is 0 Å². The van der Waals surface area contributed by atoms with Gasteiger partial charge >= 0.3 is 0 Å². The number of hydrogen-bond acceptors (Lipinski definition) is 3. The molecule has 0 aliphatic carbocycles. The zero-order valence-corrected chi connectivity index (χ0v) is 12.2. The first-order chi connectivity index (χ1) is 7.14. The van der Waals surface area contributed by atoms with E-state index < -0.39 is 9.84 Å². The van der Waals surface area contributed by atoms with Crippen LogP contribution in [0.15, 0.2) is 0 Å². The Bertz CT molecular complexity index is 278. The van der Waals surface area contributed by atoms with Gasteiger partial charge < -0.3 is 5.32 Å². The quantitative estimate of drug-likeness (QED) is 0.752. The first-order valence-electron chi connectivity index (χ1n) is 6.07. The molecule has 0 radical (unpaired) electrons. The average Bonchev–Trinajstić information content (AvgIpc) is 2.07. The molecule has 4 heteroatoms. The van der Waals surface area contributed by atoms with E-state index >= 15 is 0 Å². The Morgan fingerprint density at radius 1 is 1.25 bits per heavy atom. The number of hydrogen-bond donors (Lipinski definition) is 1. The maximum Gasteiger partial charge on any atom is 0.147 e.